The van der Waals surface area contributed by atoms with Crippen molar-refractivity contribution in [1.82, 2.24) is 15.3 Å². The summed E-state index contributed by atoms with van der Waals surface area (Å²) < 4.78 is 5.31. The highest BCUT2D eigenvalue weighted by atomic mass is 35.5. The maximum Gasteiger partial charge on any atom is 0.259 e. The number of rotatable bonds is 3. The third-order valence-corrected chi connectivity index (χ3v) is 5.28. The summed E-state index contributed by atoms with van der Waals surface area (Å²) in [6.07, 6.45) is 1.72. The smallest absolute Gasteiger partial charge is 0.259 e. The molecular formula is C21H14ClN3O3. The molecule has 0 atom stereocenters. The second-order valence-electron chi connectivity index (χ2n) is 6.51. The van der Waals surface area contributed by atoms with E-state index >= 15 is 0 Å². The van der Waals surface area contributed by atoms with Crippen molar-refractivity contribution in [3.8, 4) is 5.75 Å². The van der Waals surface area contributed by atoms with Gasteiger partial charge in [0.25, 0.3) is 11.8 Å². The van der Waals surface area contributed by atoms with E-state index in [0.29, 0.717) is 22.0 Å². The van der Waals surface area contributed by atoms with Crippen molar-refractivity contribution in [1.29, 1.82) is 0 Å². The zero-order chi connectivity index (χ0) is 19.4. The van der Waals surface area contributed by atoms with Crippen LogP contribution < -0.4 is 10.1 Å². The van der Waals surface area contributed by atoms with E-state index in [4.69, 9.17) is 16.3 Å². The molecule has 0 aliphatic carbocycles. The highest BCUT2D eigenvalue weighted by Crippen LogP contribution is 2.41. The molecule has 138 valence electrons. The summed E-state index contributed by atoms with van der Waals surface area (Å²) in [6, 6.07) is 13.0. The van der Waals surface area contributed by atoms with Gasteiger partial charge in [-0.2, -0.15) is 0 Å². The highest BCUT2D eigenvalue weighted by molar-refractivity contribution is 6.52. The molecular weight excluding hydrogens is 378 g/mol. The zero-order valence-corrected chi connectivity index (χ0v) is 15.5. The SMILES string of the molecule is COc1ccc2[nH]cc(C3=C(c4c(Cl)[nH]c5ccccc45)C(=O)NC3=O)c2c1. The Morgan fingerprint density at radius 1 is 0.929 bits per heavy atom. The molecule has 0 fully saturated rings. The lowest BCUT2D eigenvalue weighted by Gasteiger charge is -2.05. The van der Waals surface area contributed by atoms with Gasteiger partial charge in [-0.25, -0.2) is 0 Å². The number of halogens is 1. The predicted molar refractivity (Wildman–Crippen MR) is 108 cm³/mol. The van der Waals surface area contributed by atoms with Gasteiger partial charge in [0.1, 0.15) is 10.9 Å². The van der Waals surface area contributed by atoms with E-state index in [1.54, 1.807) is 13.3 Å². The number of para-hydroxylation sites is 1. The number of ether oxygens (including phenoxy) is 1. The molecule has 3 N–H and O–H groups in total. The van der Waals surface area contributed by atoms with Crippen LogP contribution in [-0.2, 0) is 9.59 Å². The number of hydrogen-bond acceptors (Lipinski definition) is 3. The van der Waals surface area contributed by atoms with E-state index in [0.717, 1.165) is 21.8 Å². The lowest BCUT2D eigenvalue weighted by atomic mass is 9.95. The molecule has 7 heteroatoms. The molecule has 5 rings (SSSR count). The number of H-pyrrole nitrogens is 2. The molecule has 0 unspecified atom stereocenters. The maximum atomic E-state index is 12.7. The molecule has 3 heterocycles. The van der Waals surface area contributed by atoms with Gasteiger partial charge in [-0.3, -0.25) is 14.9 Å². The first kappa shape index (κ1) is 16.6. The molecule has 2 amide bonds. The van der Waals surface area contributed by atoms with Gasteiger partial charge in [-0.05, 0) is 24.3 Å². The van der Waals surface area contributed by atoms with Crippen LogP contribution in [0.1, 0.15) is 11.1 Å². The van der Waals surface area contributed by atoms with Crippen LogP contribution in [0.15, 0.2) is 48.7 Å². The molecule has 2 aromatic carbocycles. The number of hydrogen-bond donors (Lipinski definition) is 3. The third kappa shape index (κ3) is 2.28. The van der Waals surface area contributed by atoms with E-state index in [1.807, 2.05) is 42.5 Å². The third-order valence-electron chi connectivity index (χ3n) is 5.00. The molecule has 1 aliphatic rings. The fourth-order valence-corrected chi connectivity index (χ4v) is 4.04. The zero-order valence-electron chi connectivity index (χ0n) is 14.7. The topological polar surface area (TPSA) is 87.0 Å². The summed E-state index contributed by atoms with van der Waals surface area (Å²) in [5, 5.41) is 4.29. The van der Waals surface area contributed by atoms with Crippen LogP contribution in [0.2, 0.25) is 5.15 Å². The molecule has 0 saturated carbocycles. The Bertz CT molecular complexity index is 1330. The number of carbonyl (C=O) groups is 2. The molecule has 4 aromatic rings. The monoisotopic (exact) mass is 391 g/mol. The Kier molecular flexibility index (Phi) is 3.57. The van der Waals surface area contributed by atoms with E-state index in [9.17, 15) is 9.59 Å². The number of aromatic amines is 2. The van der Waals surface area contributed by atoms with E-state index in [1.165, 1.54) is 0 Å². The number of amides is 2. The highest BCUT2D eigenvalue weighted by Gasteiger charge is 2.36. The van der Waals surface area contributed by atoms with Crippen molar-refractivity contribution in [2.24, 2.45) is 0 Å². The fraction of sp³-hybridized carbons (Fsp3) is 0.0476. The van der Waals surface area contributed by atoms with Crippen molar-refractivity contribution in [2.75, 3.05) is 7.11 Å². The van der Waals surface area contributed by atoms with Crippen LogP contribution in [0.25, 0.3) is 33.0 Å². The first-order valence-electron chi connectivity index (χ1n) is 8.60. The van der Waals surface area contributed by atoms with Crippen LogP contribution in [0.3, 0.4) is 0 Å². The van der Waals surface area contributed by atoms with Gasteiger partial charge in [0.15, 0.2) is 0 Å². The molecule has 2 aromatic heterocycles. The molecule has 6 nitrogen and oxygen atoms in total. The van der Waals surface area contributed by atoms with Crippen LogP contribution in [0.4, 0.5) is 0 Å². The Labute approximate surface area is 164 Å². The van der Waals surface area contributed by atoms with Gasteiger partial charge in [0.2, 0.25) is 0 Å². The molecule has 0 radical (unpaired) electrons. The summed E-state index contributed by atoms with van der Waals surface area (Å²) in [5.74, 6) is -0.265. The van der Waals surface area contributed by atoms with Crippen molar-refractivity contribution < 1.29 is 14.3 Å². The average Bonchev–Trinajstić information content (AvgIpc) is 3.33. The molecule has 28 heavy (non-hydrogen) atoms. The minimum absolute atomic E-state index is 0.260. The standard InChI is InChI=1S/C21H14ClN3O3/c1-28-10-6-7-14-12(8-10)13(9-23-14)17-18(21(27)25-20(17)26)16-11-4-2-3-5-15(11)24-19(16)22/h2-9,23-24H,1H3,(H,25,26,27). The van der Waals surface area contributed by atoms with Crippen LogP contribution in [0, 0.1) is 0 Å². The predicted octanol–water partition coefficient (Wildman–Crippen LogP) is 3.88. The summed E-state index contributed by atoms with van der Waals surface area (Å²) in [6.45, 7) is 0. The number of fused-ring (bicyclic) bond motifs is 2. The lowest BCUT2D eigenvalue weighted by Crippen LogP contribution is -2.22. The molecule has 0 saturated heterocycles. The number of carbonyl (C=O) groups excluding carboxylic acids is 2. The van der Waals surface area contributed by atoms with Gasteiger partial charge < -0.3 is 14.7 Å². The van der Waals surface area contributed by atoms with Crippen molar-refractivity contribution >= 4 is 56.4 Å². The van der Waals surface area contributed by atoms with E-state index < -0.39 is 11.8 Å². The summed E-state index contributed by atoms with van der Waals surface area (Å²) >= 11 is 6.44. The van der Waals surface area contributed by atoms with Gasteiger partial charge in [0.05, 0.1) is 18.3 Å². The molecule has 0 spiro atoms. The molecule has 0 bridgehead atoms. The second-order valence-corrected chi connectivity index (χ2v) is 6.88. The number of aromatic nitrogens is 2. The Hall–Kier alpha value is -3.51. The minimum Gasteiger partial charge on any atom is -0.497 e. The minimum atomic E-state index is -0.469. The van der Waals surface area contributed by atoms with Gasteiger partial charge in [-0.15, -0.1) is 0 Å². The summed E-state index contributed by atoms with van der Waals surface area (Å²) in [4.78, 5) is 31.7. The maximum absolute atomic E-state index is 12.7. The van der Waals surface area contributed by atoms with Crippen molar-refractivity contribution in [3.05, 3.63) is 64.9 Å². The van der Waals surface area contributed by atoms with Crippen LogP contribution >= 0.6 is 11.6 Å². The van der Waals surface area contributed by atoms with Crippen LogP contribution in [-0.4, -0.2) is 28.9 Å². The van der Waals surface area contributed by atoms with Gasteiger partial charge >= 0.3 is 0 Å². The number of benzene rings is 2. The first-order chi connectivity index (χ1) is 13.6. The van der Waals surface area contributed by atoms with Crippen LogP contribution in [0.5, 0.6) is 5.75 Å². The molecule has 1 aliphatic heterocycles. The summed E-state index contributed by atoms with van der Waals surface area (Å²) in [7, 11) is 1.58. The van der Waals surface area contributed by atoms with Gasteiger partial charge in [0, 0.05) is 39.1 Å². The second kappa shape index (κ2) is 6.00. The normalized spacial score (nSPS) is 14.4. The Morgan fingerprint density at radius 3 is 2.54 bits per heavy atom. The van der Waals surface area contributed by atoms with E-state index in [-0.39, 0.29) is 11.1 Å². The van der Waals surface area contributed by atoms with Crippen molar-refractivity contribution in [2.45, 2.75) is 0 Å². The number of methoxy groups -OCH3 is 1. The van der Waals surface area contributed by atoms with Gasteiger partial charge in [-0.1, -0.05) is 29.8 Å². The van der Waals surface area contributed by atoms with Crippen molar-refractivity contribution in [3.63, 3.8) is 0 Å². The summed E-state index contributed by atoms with van der Waals surface area (Å²) in [5.41, 5.74) is 3.32. The average molecular weight is 392 g/mol. The fourth-order valence-electron chi connectivity index (χ4n) is 3.74. The Balaban J connectivity index is 1.85. The lowest BCUT2D eigenvalue weighted by molar-refractivity contribution is -0.122. The number of imide groups is 1. The quantitative estimate of drug-likeness (QED) is 0.463. The Morgan fingerprint density at radius 2 is 1.71 bits per heavy atom. The largest absolute Gasteiger partial charge is 0.497 e. The first-order valence-corrected chi connectivity index (χ1v) is 8.98. The van der Waals surface area contributed by atoms with E-state index in [2.05, 4.69) is 15.3 Å². The number of nitrogens with one attached hydrogen (secondary N) is 3.